The molecule has 0 fully saturated rings. The third-order valence-electron chi connectivity index (χ3n) is 3.28. The van der Waals surface area contributed by atoms with Gasteiger partial charge in [0.05, 0.1) is 18.5 Å². The van der Waals surface area contributed by atoms with E-state index in [-0.39, 0.29) is 11.4 Å². The minimum atomic E-state index is -3.59. The first-order valence-corrected chi connectivity index (χ1v) is 8.55. The molecule has 0 radical (unpaired) electrons. The van der Waals surface area contributed by atoms with Gasteiger partial charge in [-0.15, -0.1) is 0 Å². The summed E-state index contributed by atoms with van der Waals surface area (Å²) >= 11 is 6.14. The third kappa shape index (κ3) is 3.60. The molecule has 0 saturated heterocycles. The van der Waals surface area contributed by atoms with Gasteiger partial charge in [-0.1, -0.05) is 17.7 Å². The van der Waals surface area contributed by atoms with E-state index >= 15 is 0 Å². The maximum Gasteiger partial charge on any atom is 0.244 e. The molecule has 0 aliphatic heterocycles. The Labute approximate surface area is 134 Å². The maximum absolute atomic E-state index is 12.3. The molecule has 0 spiro atoms. The number of aryl methyl sites for hydroxylation is 2. The van der Waals surface area contributed by atoms with Crippen molar-refractivity contribution in [3.63, 3.8) is 0 Å². The van der Waals surface area contributed by atoms with Crippen molar-refractivity contribution < 1.29 is 13.2 Å². The molecule has 2 rings (SSSR count). The molecule has 2 aromatic rings. The predicted octanol–water partition coefficient (Wildman–Crippen LogP) is 2.21. The number of benzene rings is 1. The third-order valence-corrected chi connectivity index (χ3v) is 5.35. The highest BCUT2D eigenvalue weighted by Gasteiger charge is 2.21. The zero-order valence-corrected chi connectivity index (χ0v) is 14.2. The summed E-state index contributed by atoms with van der Waals surface area (Å²) in [6, 6.07) is 5.32. The second-order valence-electron chi connectivity index (χ2n) is 4.87. The molecule has 0 bridgehead atoms. The van der Waals surface area contributed by atoms with Gasteiger partial charge in [-0.3, -0.25) is 5.10 Å². The largest absolute Gasteiger partial charge is 0.497 e. The first-order valence-electron chi connectivity index (χ1n) is 6.69. The number of H-pyrrole nitrogens is 1. The van der Waals surface area contributed by atoms with E-state index in [4.69, 9.17) is 16.3 Å². The first kappa shape index (κ1) is 16.8. The van der Waals surface area contributed by atoms with Gasteiger partial charge in [0.2, 0.25) is 10.0 Å². The Kier molecular flexibility index (Phi) is 5.10. The second-order valence-corrected chi connectivity index (χ2v) is 6.98. The lowest BCUT2D eigenvalue weighted by molar-refractivity contribution is 0.414. The number of sulfonamides is 1. The number of methoxy groups -OCH3 is 1. The number of rotatable bonds is 6. The topological polar surface area (TPSA) is 84.1 Å². The van der Waals surface area contributed by atoms with Crippen molar-refractivity contribution >= 4 is 21.6 Å². The molecule has 0 amide bonds. The van der Waals surface area contributed by atoms with E-state index in [1.54, 1.807) is 33.1 Å². The smallest absolute Gasteiger partial charge is 0.244 e. The fraction of sp³-hybridized carbons (Fsp3) is 0.357. The van der Waals surface area contributed by atoms with E-state index in [1.165, 1.54) is 0 Å². The summed E-state index contributed by atoms with van der Waals surface area (Å²) in [4.78, 5) is 0.202. The highest BCUT2D eigenvalue weighted by atomic mass is 35.5. The van der Waals surface area contributed by atoms with Crippen molar-refractivity contribution in [2.24, 2.45) is 0 Å². The predicted molar refractivity (Wildman–Crippen MR) is 85.0 cm³/mol. The van der Waals surface area contributed by atoms with Gasteiger partial charge in [-0.05, 0) is 38.0 Å². The molecular formula is C14H18ClN3O3S. The van der Waals surface area contributed by atoms with E-state index in [2.05, 4.69) is 14.9 Å². The standard InChI is InChI=1S/C14H18ClN3O3S/c1-9-14(10(2)18-17-9)22(19,20)16-7-6-11-4-5-12(21-3)8-13(11)15/h4-5,8,16H,6-7H2,1-3H3,(H,17,18). The highest BCUT2D eigenvalue weighted by Crippen LogP contribution is 2.23. The van der Waals surface area contributed by atoms with Crippen molar-refractivity contribution in [3.05, 3.63) is 40.2 Å². The summed E-state index contributed by atoms with van der Waals surface area (Å²) in [7, 11) is -2.02. The molecule has 2 N–H and O–H groups in total. The molecule has 1 heterocycles. The Balaban J connectivity index is 2.05. The molecule has 120 valence electrons. The minimum Gasteiger partial charge on any atom is -0.497 e. The molecule has 1 aromatic heterocycles. The molecule has 6 nitrogen and oxygen atoms in total. The molecule has 0 saturated carbocycles. The molecule has 0 unspecified atom stereocenters. The monoisotopic (exact) mass is 343 g/mol. The summed E-state index contributed by atoms with van der Waals surface area (Å²) in [5.41, 5.74) is 1.82. The summed E-state index contributed by atoms with van der Waals surface area (Å²) in [6.45, 7) is 3.58. The zero-order valence-electron chi connectivity index (χ0n) is 12.6. The summed E-state index contributed by atoms with van der Waals surface area (Å²) in [6.07, 6.45) is 0.484. The molecule has 0 aliphatic carbocycles. The molecule has 1 aromatic carbocycles. The maximum atomic E-state index is 12.3. The molecule has 22 heavy (non-hydrogen) atoms. The fourth-order valence-corrected chi connectivity index (χ4v) is 3.85. The highest BCUT2D eigenvalue weighted by molar-refractivity contribution is 7.89. The zero-order chi connectivity index (χ0) is 16.3. The summed E-state index contributed by atoms with van der Waals surface area (Å²) in [5, 5.41) is 7.12. The summed E-state index contributed by atoms with van der Waals surface area (Å²) in [5.74, 6) is 0.666. The molecule has 0 aliphatic rings. The van der Waals surface area contributed by atoms with E-state index < -0.39 is 10.0 Å². The number of nitrogens with one attached hydrogen (secondary N) is 2. The van der Waals surface area contributed by atoms with Crippen LogP contribution < -0.4 is 9.46 Å². The van der Waals surface area contributed by atoms with Gasteiger partial charge >= 0.3 is 0 Å². The number of hydrogen-bond acceptors (Lipinski definition) is 4. The van der Waals surface area contributed by atoms with E-state index in [9.17, 15) is 8.42 Å². The lowest BCUT2D eigenvalue weighted by Crippen LogP contribution is -2.27. The fourth-order valence-electron chi connectivity index (χ4n) is 2.19. The lowest BCUT2D eigenvalue weighted by atomic mass is 10.1. The van der Waals surface area contributed by atoms with Crippen LogP contribution in [0.5, 0.6) is 5.75 Å². The SMILES string of the molecule is COc1ccc(CCNS(=O)(=O)c2c(C)n[nH]c2C)c(Cl)c1. The molecular weight excluding hydrogens is 326 g/mol. The van der Waals surface area contributed by atoms with Gasteiger partial charge in [-0.2, -0.15) is 5.10 Å². The number of aromatic amines is 1. The van der Waals surface area contributed by atoms with Crippen molar-refractivity contribution in [1.29, 1.82) is 0 Å². The van der Waals surface area contributed by atoms with Crippen LogP contribution in [0.15, 0.2) is 23.1 Å². The first-order chi connectivity index (χ1) is 10.3. The Hall–Kier alpha value is -1.57. The van der Waals surface area contributed by atoms with Crippen LogP contribution in [0.25, 0.3) is 0 Å². The van der Waals surface area contributed by atoms with Gasteiger partial charge in [-0.25, -0.2) is 13.1 Å². The number of halogens is 1. The number of hydrogen-bond donors (Lipinski definition) is 2. The average molecular weight is 344 g/mol. The van der Waals surface area contributed by atoms with Crippen LogP contribution in [0.2, 0.25) is 5.02 Å². The van der Waals surface area contributed by atoms with E-state index in [0.717, 1.165) is 5.56 Å². The summed E-state index contributed by atoms with van der Waals surface area (Å²) < 4.78 is 32.2. The normalized spacial score (nSPS) is 11.6. The van der Waals surface area contributed by atoms with E-state index in [0.29, 0.717) is 28.6 Å². The van der Waals surface area contributed by atoms with Crippen molar-refractivity contribution in [2.45, 2.75) is 25.2 Å². The van der Waals surface area contributed by atoms with Crippen LogP contribution in [0.3, 0.4) is 0 Å². The van der Waals surface area contributed by atoms with Crippen LogP contribution in [0, 0.1) is 13.8 Å². The minimum absolute atomic E-state index is 0.202. The van der Waals surface area contributed by atoms with Crippen LogP contribution in [-0.4, -0.2) is 32.3 Å². The molecule has 8 heteroatoms. The van der Waals surface area contributed by atoms with Crippen molar-refractivity contribution in [1.82, 2.24) is 14.9 Å². The lowest BCUT2D eigenvalue weighted by Gasteiger charge is -2.09. The van der Waals surface area contributed by atoms with Crippen molar-refractivity contribution in [3.8, 4) is 5.75 Å². The van der Waals surface area contributed by atoms with Crippen LogP contribution in [0.1, 0.15) is 17.0 Å². The Morgan fingerprint density at radius 3 is 2.64 bits per heavy atom. The number of nitrogens with zero attached hydrogens (tertiary/aromatic N) is 1. The Morgan fingerprint density at radius 2 is 2.09 bits per heavy atom. The number of ether oxygens (including phenoxy) is 1. The Morgan fingerprint density at radius 1 is 1.36 bits per heavy atom. The van der Waals surface area contributed by atoms with E-state index in [1.807, 2.05) is 6.07 Å². The second kappa shape index (κ2) is 6.68. The van der Waals surface area contributed by atoms with Gasteiger partial charge in [0.1, 0.15) is 10.6 Å². The van der Waals surface area contributed by atoms with Crippen LogP contribution in [-0.2, 0) is 16.4 Å². The van der Waals surface area contributed by atoms with Crippen LogP contribution >= 0.6 is 11.6 Å². The average Bonchev–Trinajstić information content (AvgIpc) is 2.80. The van der Waals surface area contributed by atoms with Gasteiger partial charge in [0.25, 0.3) is 0 Å². The van der Waals surface area contributed by atoms with Crippen molar-refractivity contribution in [2.75, 3.05) is 13.7 Å². The van der Waals surface area contributed by atoms with Gasteiger partial charge in [0, 0.05) is 11.6 Å². The quantitative estimate of drug-likeness (QED) is 0.842. The van der Waals surface area contributed by atoms with Gasteiger partial charge < -0.3 is 4.74 Å². The Bertz CT molecular complexity index is 752. The van der Waals surface area contributed by atoms with Crippen LogP contribution in [0.4, 0.5) is 0 Å². The molecule has 0 atom stereocenters. The van der Waals surface area contributed by atoms with Gasteiger partial charge in [0.15, 0.2) is 0 Å². The number of aromatic nitrogens is 2.